The van der Waals surface area contributed by atoms with Crippen LogP contribution in [0.25, 0.3) is 0 Å². The summed E-state index contributed by atoms with van der Waals surface area (Å²) in [5.41, 5.74) is 3.45. The first-order chi connectivity index (χ1) is 15.2. The van der Waals surface area contributed by atoms with Crippen LogP contribution in [-0.2, 0) is 12.1 Å². The Morgan fingerprint density at radius 2 is 1.61 bits per heavy atom. The standard InChI is InChI=1S/C27H30N2O2/c1-3-27(28-25-15-9-8-14-24(25)26(30)29(27)4-2)22-16-18-23(19-17-22)31-20-10-13-21-11-6-5-7-12-21/h5-9,11-12,14-19,28H,3-4,10,13,20H2,1-2H3. The number of carbonyl (C=O) groups excluding carboxylic acids is 1. The molecular formula is C27H30N2O2. The number of fused-ring (bicyclic) bond motifs is 1. The van der Waals surface area contributed by atoms with E-state index in [0.29, 0.717) is 13.2 Å². The van der Waals surface area contributed by atoms with E-state index < -0.39 is 5.66 Å². The summed E-state index contributed by atoms with van der Waals surface area (Å²) in [5.74, 6) is 0.925. The number of anilines is 1. The highest BCUT2D eigenvalue weighted by Crippen LogP contribution is 2.40. The third-order valence-corrected chi connectivity index (χ3v) is 6.09. The molecule has 31 heavy (non-hydrogen) atoms. The number of para-hydroxylation sites is 1. The van der Waals surface area contributed by atoms with Gasteiger partial charge in [-0.2, -0.15) is 0 Å². The molecule has 4 nitrogen and oxygen atoms in total. The van der Waals surface area contributed by atoms with Gasteiger partial charge in [-0.1, -0.05) is 61.5 Å². The Labute approximate surface area is 184 Å². The lowest BCUT2D eigenvalue weighted by atomic mass is 9.89. The van der Waals surface area contributed by atoms with Crippen LogP contribution in [0, 0.1) is 0 Å². The van der Waals surface area contributed by atoms with Gasteiger partial charge in [0.05, 0.1) is 12.2 Å². The quantitative estimate of drug-likeness (QED) is 0.470. The number of rotatable bonds is 8. The summed E-state index contributed by atoms with van der Waals surface area (Å²) in [6.45, 7) is 5.46. The smallest absolute Gasteiger partial charge is 0.258 e. The van der Waals surface area contributed by atoms with E-state index in [9.17, 15) is 4.79 Å². The number of nitrogens with one attached hydrogen (secondary N) is 1. The van der Waals surface area contributed by atoms with Crippen LogP contribution < -0.4 is 10.1 Å². The molecule has 0 saturated carbocycles. The molecule has 0 aliphatic carbocycles. The summed E-state index contributed by atoms with van der Waals surface area (Å²) in [7, 11) is 0. The lowest BCUT2D eigenvalue weighted by Crippen LogP contribution is -2.57. The first-order valence-corrected chi connectivity index (χ1v) is 11.1. The Morgan fingerprint density at radius 1 is 0.903 bits per heavy atom. The molecule has 1 unspecified atom stereocenters. The van der Waals surface area contributed by atoms with Crippen molar-refractivity contribution in [3.8, 4) is 5.75 Å². The van der Waals surface area contributed by atoms with Crippen molar-refractivity contribution in [2.24, 2.45) is 0 Å². The van der Waals surface area contributed by atoms with Gasteiger partial charge in [0.25, 0.3) is 5.91 Å². The van der Waals surface area contributed by atoms with Crippen molar-refractivity contribution in [3.63, 3.8) is 0 Å². The molecule has 0 bridgehead atoms. The van der Waals surface area contributed by atoms with E-state index in [1.807, 2.05) is 54.3 Å². The molecule has 0 radical (unpaired) electrons. The van der Waals surface area contributed by atoms with Crippen LogP contribution in [0.1, 0.15) is 48.2 Å². The van der Waals surface area contributed by atoms with Gasteiger partial charge in [0.1, 0.15) is 11.4 Å². The van der Waals surface area contributed by atoms with Crippen LogP contribution >= 0.6 is 0 Å². The SMILES string of the molecule is CCN1C(=O)c2ccccc2NC1(CC)c1ccc(OCCCc2ccccc2)cc1. The molecule has 4 rings (SSSR count). The number of hydrogen-bond donors (Lipinski definition) is 1. The molecule has 1 aliphatic heterocycles. The zero-order chi connectivity index (χ0) is 21.7. The van der Waals surface area contributed by atoms with Gasteiger partial charge < -0.3 is 15.0 Å². The topological polar surface area (TPSA) is 41.6 Å². The van der Waals surface area contributed by atoms with Crippen LogP contribution in [0.2, 0.25) is 0 Å². The highest BCUT2D eigenvalue weighted by Gasteiger charge is 2.43. The van der Waals surface area contributed by atoms with E-state index in [-0.39, 0.29) is 5.91 Å². The van der Waals surface area contributed by atoms with Crippen molar-refractivity contribution in [2.75, 3.05) is 18.5 Å². The van der Waals surface area contributed by atoms with Gasteiger partial charge in [0.15, 0.2) is 0 Å². The van der Waals surface area contributed by atoms with Gasteiger partial charge in [0, 0.05) is 12.2 Å². The van der Waals surface area contributed by atoms with Gasteiger partial charge in [-0.25, -0.2) is 0 Å². The Morgan fingerprint density at radius 3 is 2.32 bits per heavy atom. The van der Waals surface area contributed by atoms with Crippen LogP contribution in [0.4, 0.5) is 5.69 Å². The highest BCUT2D eigenvalue weighted by molar-refractivity contribution is 6.02. The van der Waals surface area contributed by atoms with Crippen molar-refractivity contribution in [3.05, 3.63) is 95.6 Å². The van der Waals surface area contributed by atoms with E-state index >= 15 is 0 Å². The molecule has 0 fully saturated rings. The molecule has 0 saturated heterocycles. The van der Waals surface area contributed by atoms with Crippen molar-refractivity contribution < 1.29 is 9.53 Å². The molecule has 0 aromatic heterocycles. The molecule has 3 aromatic carbocycles. The maximum atomic E-state index is 13.2. The van der Waals surface area contributed by atoms with E-state index in [4.69, 9.17) is 4.74 Å². The van der Waals surface area contributed by atoms with Crippen LogP contribution in [0.3, 0.4) is 0 Å². The zero-order valence-corrected chi connectivity index (χ0v) is 18.3. The summed E-state index contributed by atoms with van der Waals surface area (Å²) in [6.07, 6.45) is 2.74. The van der Waals surface area contributed by atoms with E-state index in [1.165, 1.54) is 5.56 Å². The summed E-state index contributed by atoms with van der Waals surface area (Å²) < 4.78 is 5.97. The number of carbonyl (C=O) groups is 1. The normalized spacial score (nSPS) is 17.7. The van der Waals surface area contributed by atoms with Crippen molar-refractivity contribution in [1.82, 2.24) is 4.90 Å². The van der Waals surface area contributed by atoms with Crippen LogP contribution in [0.15, 0.2) is 78.9 Å². The van der Waals surface area contributed by atoms with Crippen molar-refractivity contribution in [2.45, 2.75) is 38.8 Å². The lowest BCUT2D eigenvalue weighted by Gasteiger charge is -2.48. The van der Waals surface area contributed by atoms with Crippen molar-refractivity contribution >= 4 is 11.6 Å². The van der Waals surface area contributed by atoms with Gasteiger partial charge in [0.2, 0.25) is 0 Å². The minimum atomic E-state index is -0.563. The first-order valence-electron chi connectivity index (χ1n) is 11.1. The Bertz CT molecular complexity index is 1020. The minimum absolute atomic E-state index is 0.0694. The molecule has 1 N–H and O–H groups in total. The maximum Gasteiger partial charge on any atom is 0.258 e. The predicted molar refractivity (Wildman–Crippen MR) is 125 cm³/mol. The maximum absolute atomic E-state index is 13.2. The van der Waals surface area contributed by atoms with Gasteiger partial charge in [-0.3, -0.25) is 4.79 Å². The number of ether oxygens (including phenoxy) is 1. The van der Waals surface area contributed by atoms with Gasteiger partial charge in [-0.15, -0.1) is 0 Å². The first kappa shape index (κ1) is 21.0. The lowest BCUT2D eigenvalue weighted by molar-refractivity contribution is 0.0503. The summed E-state index contributed by atoms with van der Waals surface area (Å²) >= 11 is 0. The molecule has 4 heteroatoms. The second-order valence-corrected chi connectivity index (χ2v) is 7.90. The molecule has 1 heterocycles. The molecule has 0 spiro atoms. The second kappa shape index (κ2) is 9.25. The number of benzene rings is 3. The van der Waals surface area contributed by atoms with Crippen molar-refractivity contribution in [1.29, 1.82) is 0 Å². The molecular weight excluding hydrogens is 384 g/mol. The Kier molecular flexibility index (Phi) is 6.26. The molecule has 1 amide bonds. The monoisotopic (exact) mass is 414 g/mol. The Hall–Kier alpha value is -3.27. The fraction of sp³-hybridized carbons (Fsp3) is 0.296. The summed E-state index contributed by atoms with van der Waals surface area (Å²) in [4.78, 5) is 15.2. The average molecular weight is 415 g/mol. The van der Waals surface area contributed by atoms with E-state index in [1.54, 1.807) is 0 Å². The number of aryl methyl sites for hydroxylation is 1. The number of amides is 1. The van der Waals surface area contributed by atoms with E-state index in [2.05, 4.69) is 48.6 Å². The van der Waals surface area contributed by atoms with E-state index in [0.717, 1.165) is 41.8 Å². The number of hydrogen-bond acceptors (Lipinski definition) is 3. The zero-order valence-electron chi connectivity index (χ0n) is 18.3. The van der Waals surface area contributed by atoms with Crippen LogP contribution in [0.5, 0.6) is 5.75 Å². The summed E-state index contributed by atoms with van der Waals surface area (Å²) in [6, 6.07) is 26.4. The molecule has 1 aliphatic rings. The largest absolute Gasteiger partial charge is 0.494 e. The fourth-order valence-electron chi connectivity index (χ4n) is 4.45. The summed E-state index contributed by atoms with van der Waals surface area (Å²) in [5, 5.41) is 3.66. The molecule has 160 valence electrons. The fourth-order valence-corrected chi connectivity index (χ4v) is 4.45. The predicted octanol–water partition coefficient (Wildman–Crippen LogP) is 5.85. The highest BCUT2D eigenvalue weighted by atomic mass is 16.5. The molecule has 1 atom stereocenters. The molecule has 3 aromatic rings. The third-order valence-electron chi connectivity index (χ3n) is 6.09. The minimum Gasteiger partial charge on any atom is -0.494 e. The van der Waals surface area contributed by atoms with Crippen LogP contribution in [-0.4, -0.2) is 24.0 Å². The average Bonchev–Trinajstić information content (AvgIpc) is 2.83. The van der Waals surface area contributed by atoms with Gasteiger partial charge in [-0.05, 0) is 61.6 Å². The third kappa shape index (κ3) is 4.15. The second-order valence-electron chi connectivity index (χ2n) is 7.90. The van der Waals surface area contributed by atoms with Gasteiger partial charge >= 0.3 is 0 Å². The number of nitrogens with zero attached hydrogens (tertiary/aromatic N) is 1. The Balaban J connectivity index is 1.48.